The molecule has 0 aliphatic carbocycles. The fourth-order valence-corrected chi connectivity index (χ4v) is 0.943. The van der Waals surface area contributed by atoms with Crippen molar-refractivity contribution in [1.29, 1.82) is 0 Å². The van der Waals surface area contributed by atoms with Crippen LogP contribution >= 0.6 is 0 Å². The molecule has 0 aliphatic heterocycles. The topological polar surface area (TPSA) is 52.5 Å². The van der Waals surface area contributed by atoms with Crippen molar-refractivity contribution >= 4 is 17.4 Å². The molecule has 0 fully saturated rings. The van der Waals surface area contributed by atoms with E-state index in [2.05, 4.69) is 4.99 Å². The second-order valence-corrected chi connectivity index (χ2v) is 2.37. The summed E-state index contributed by atoms with van der Waals surface area (Å²) in [5, 5.41) is 11.1. The van der Waals surface area contributed by atoms with E-state index in [1.807, 2.05) is 0 Å². The van der Waals surface area contributed by atoms with Crippen LogP contribution in [-0.2, 0) is 4.79 Å². The molecule has 0 N–H and O–H groups in total. The zero-order valence-corrected chi connectivity index (χ0v) is 8.15. The molecule has 0 unspecified atom stereocenters. The Kier molecular flexibility index (Phi) is 5.67. The molecule has 0 heterocycles. The predicted molar refractivity (Wildman–Crippen MR) is 48.9 cm³/mol. The second kappa shape index (κ2) is 6.23. The van der Waals surface area contributed by atoms with Gasteiger partial charge in [0.25, 0.3) is 0 Å². The standard InChI is InChI=1S/C10H9NO2.Li/c1-11-10(13)9(7-12)8-5-3-2-4-6-8;/h2-6H,1H3,(H,11,13);/q;+1/p-1. The minimum Gasteiger partial charge on any atom is -0.858 e. The van der Waals surface area contributed by atoms with Crippen LogP contribution in [0.4, 0.5) is 0 Å². The largest absolute Gasteiger partial charge is 1.00 e. The summed E-state index contributed by atoms with van der Waals surface area (Å²) < 4.78 is 0. The first kappa shape index (κ1) is 12.7. The van der Waals surface area contributed by atoms with Crippen LogP contribution in [0.5, 0.6) is 0 Å². The molecular weight excluding hydrogens is 173 g/mol. The third-order valence-corrected chi connectivity index (χ3v) is 1.58. The molecule has 0 aromatic heterocycles. The van der Waals surface area contributed by atoms with E-state index in [4.69, 9.17) is 0 Å². The average Bonchev–Trinajstić information content (AvgIpc) is 2.20. The molecule has 0 atom stereocenters. The van der Waals surface area contributed by atoms with Gasteiger partial charge in [-0.15, -0.1) is 0 Å². The Morgan fingerprint density at radius 1 is 1.36 bits per heavy atom. The molecule has 1 aromatic rings. The minimum atomic E-state index is -0.541. The molecule has 66 valence electrons. The van der Waals surface area contributed by atoms with Crippen LogP contribution in [0.1, 0.15) is 5.56 Å². The Bertz CT molecular complexity index is 367. The second-order valence-electron chi connectivity index (χ2n) is 2.37. The van der Waals surface area contributed by atoms with E-state index in [1.165, 1.54) is 7.05 Å². The Hall–Kier alpha value is -1.26. The maximum atomic E-state index is 11.1. The van der Waals surface area contributed by atoms with Crippen LogP contribution in [0.25, 0.3) is 5.57 Å². The summed E-state index contributed by atoms with van der Waals surface area (Å²) in [6, 6.07) is 8.64. The summed E-state index contributed by atoms with van der Waals surface area (Å²) in [7, 11) is 1.35. The molecule has 1 rings (SSSR count). The van der Waals surface area contributed by atoms with Gasteiger partial charge in [-0.05, 0) is 5.56 Å². The van der Waals surface area contributed by atoms with Crippen LogP contribution in [0.2, 0.25) is 0 Å². The van der Waals surface area contributed by atoms with Gasteiger partial charge in [-0.25, -0.2) is 4.79 Å². The van der Waals surface area contributed by atoms with E-state index in [0.29, 0.717) is 5.56 Å². The SMILES string of the molecule is CN=C([O-])C(=C=O)c1ccccc1.[Li+]. The van der Waals surface area contributed by atoms with E-state index in [0.717, 1.165) is 0 Å². The quantitative estimate of drug-likeness (QED) is 0.216. The summed E-state index contributed by atoms with van der Waals surface area (Å²) in [4.78, 5) is 13.9. The van der Waals surface area contributed by atoms with Gasteiger partial charge in [0.2, 0.25) is 0 Å². The van der Waals surface area contributed by atoms with Crippen molar-refractivity contribution < 1.29 is 28.8 Å². The van der Waals surface area contributed by atoms with Gasteiger partial charge in [0.05, 0.1) is 5.57 Å². The maximum Gasteiger partial charge on any atom is 1.00 e. The summed E-state index contributed by atoms with van der Waals surface area (Å²) in [6.45, 7) is 0. The van der Waals surface area contributed by atoms with Crippen LogP contribution in [-0.4, -0.2) is 18.9 Å². The summed E-state index contributed by atoms with van der Waals surface area (Å²) in [5.74, 6) is 1.05. The number of aliphatic imine (C=N–C) groups is 1. The van der Waals surface area contributed by atoms with Crippen molar-refractivity contribution in [2.45, 2.75) is 0 Å². The first-order valence-electron chi connectivity index (χ1n) is 3.74. The molecule has 0 saturated heterocycles. The maximum absolute atomic E-state index is 11.1. The average molecular weight is 181 g/mol. The zero-order valence-electron chi connectivity index (χ0n) is 8.15. The molecular formula is C10H8LiNO2. The van der Waals surface area contributed by atoms with E-state index in [1.54, 1.807) is 36.3 Å². The van der Waals surface area contributed by atoms with Gasteiger partial charge in [-0.2, -0.15) is 0 Å². The van der Waals surface area contributed by atoms with Crippen LogP contribution < -0.4 is 24.0 Å². The van der Waals surface area contributed by atoms with Crippen molar-refractivity contribution in [2.75, 3.05) is 7.05 Å². The van der Waals surface area contributed by atoms with Crippen LogP contribution in [0.3, 0.4) is 0 Å². The Labute approximate surface area is 94.4 Å². The third kappa shape index (κ3) is 2.90. The molecule has 1 aromatic carbocycles. The first-order chi connectivity index (χ1) is 6.29. The molecule has 0 saturated carbocycles. The van der Waals surface area contributed by atoms with Crippen molar-refractivity contribution in [1.82, 2.24) is 0 Å². The summed E-state index contributed by atoms with van der Waals surface area (Å²) >= 11 is 0. The van der Waals surface area contributed by atoms with E-state index >= 15 is 0 Å². The van der Waals surface area contributed by atoms with E-state index < -0.39 is 5.90 Å². The molecule has 0 bridgehead atoms. The smallest absolute Gasteiger partial charge is 0.858 e. The third-order valence-electron chi connectivity index (χ3n) is 1.58. The Morgan fingerprint density at radius 2 is 1.93 bits per heavy atom. The van der Waals surface area contributed by atoms with Crippen molar-refractivity contribution in [3.63, 3.8) is 0 Å². The number of nitrogens with zero attached hydrogens (tertiary/aromatic N) is 1. The monoisotopic (exact) mass is 181 g/mol. The molecule has 14 heavy (non-hydrogen) atoms. The van der Waals surface area contributed by atoms with Crippen LogP contribution in [0.15, 0.2) is 35.3 Å². The summed E-state index contributed by atoms with van der Waals surface area (Å²) in [5.41, 5.74) is 0.524. The number of rotatable bonds is 2. The minimum absolute atomic E-state index is 0. The van der Waals surface area contributed by atoms with E-state index in [9.17, 15) is 9.90 Å². The Morgan fingerprint density at radius 3 is 2.36 bits per heavy atom. The van der Waals surface area contributed by atoms with Crippen molar-refractivity contribution in [3.05, 3.63) is 35.9 Å². The number of benzene rings is 1. The van der Waals surface area contributed by atoms with Gasteiger partial charge < -0.3 is 10.1 Å². The van der Waals surface area contributed by atoms with Gasteiger partial charge in [0.15, 0.2) is 0 Å². The fraction of sp³-hybridized carbons (Fsp3) is 0.100. The molecule has 0 amide bonds. The van der Waals surface area contributed by atoms with Gasteiger partial charge in [-0.1, -0.05) is 30.3 Å². The van der Waals surface area contributed by atoms with Gasteiger partial charge >= 0.3 is 18.9 Å². The predicted octanol–water partition coefficient (Wildman–Crippen LogP) is -2.71. The number of carbonyl (C=O) groups excluding carboxylic acids is 1. The van der Waals surface area contributed by atoms with Gasteiger partial charge in [-0.3, -0.25) is 0 Å². The van der Waals surface area contributed by atoms with Gasteiger partial charge in [0, 0.05) is 12.9 Å². The molecule has 0 spiro atoms. The van der Waals surface area contributed by atoms with Crippen LogP contribution in [0, 0.1) is 0 Å². The molecule has 0 radical (unpaired) electrons. The normalized spacial score (nSPS) is 9.93. The number of hydrogen-bond acceptors (Lipinski definition) is 3. The zero-order chi connectivity index (χ0) is 9.68. The Balaban J connectivity index is 0.00000169. The summed E-state index contributed by atoms with van der Waals surface area (Å²) in [6.07, 6.45) is 0. The number of hydrogen-bond donors (Lipinski definition) is 0. The molecule has 4 heteroatoms. The molecule has 0 aliphatic rings. The van der Waals surface area contributed by atoms with Gasteiger partial charge in [0.1, 0.15) is 5.94 Å². The fourth-order valence-electron chi connectivity index (χ4n) is 0.943. The van der Waals surface area contributed by atoms with E-state index in [-0.39, 0.29) is 24.4 Å². The first-order valence-corrected chi connectivity index (χ1v) is 3.74. The van der Waals surface area contributed by atoms with Crippen molar-refractivity contribution in [2.24, 2.45) is 4.99 Å². The molecule has 3 nitrogen and oxygen atoms in total. The van der Waals surface area contributed by atoms with Crippen molar-refractivity contribution in [3.8, 4) is 0 Å².